The Balaban J connectivity index is 4.23. The first-order valence-electron chi connectivity index (χ1n) is 5.13. The molecule has 0 fully saturated rings. The van der Waals surface area contributed by atoms with Gasteiger partial charge >= 0.3 is 5.97 Å². The van der Waals surface area contributed by atoms with Gasteiger partial charge in [0.1, 0.15) is 18.3 Å². The molecule has 0 rings (SSSR count). The second-order valence-corrected chi connectivity index (χ2v) is 3.61. The van der Waals surface area contributed by atoms with Crippen LogP contribution >= 0.6 is 0 Å². The van der Waals surface area contributed by atoms with Crippen molar-refractivity contribution in [3.63, 3.8) is 0 Å². The third-order valence-corrected chi connectivity index (χ3v) is 2.16. The Morgan fingerprint density at radius 3 is 2.06 bits per heavy atom. The van der Waals surface area contributed by atoms with Gasteiger partial charge in [0.25, 0.3) is 5.91 Å². The van der Waals surface area contributed by atoms with E-state index in [1.54, 1.807) is 0 Å². The Labute approximate surface area is 102 Å². The van der Waals surface area contributed by atoms with Crippen LogP contribution in [0.3, 0.4) is 0 Å². The minimum atomic E-state index is -2.05. The Bertz CT molecular complexity index is 284. The predicted octanol–water partition coefficient (Wildman–Crippen LogP) is -3.99. The van der Waals surface area contributed by atoms with E-state index in [2.05, 4.69) is 0 Å². The molecule has 0 aliphatic heterocycles. The van der Waals surface area contributed by atoms with Crippen LogP contribution in [0.2, 0.25) is 0 Å². The molecular weight excluding hydrogens is 250 g/mol. The van der Waals surface area contributed by atoms with Crippen molar-refractivity contribution in [2.45, 2.75) is 30.8 Å². The van der Waals surface area contributed by atoms with Gasteiger partial charge in [0, 0.05) is 6.54 Å². The normalized spacial score (nSPS) is 17.6. The number of nitrogens with one attached hydrogen (secondary N) is 1. The predicted molar refractivity (Wildman–Crippen MR) is 56.4 cm³/mol. The molecule has 0 bridgehead atoms. The van der Waals surface area contributed by atoms with Gasteiger partial charge in [-0.05, 0) is 0 Å². The van der Waals surface area contributed by atoms with Crippen LogP contribution in [0, 0.1) is 0 Å². The Morgan fingerprint density at radius 1 is 1.06 bits per heavy atom. The van der Waals surface area contributed by atoms with Crippen LogP contribution in [-0.4, -0.2) is 80.1 Å². The third-order valence-electron chi connectivity index (χ3n) is 2.16. The number of carboxylic acids is 1. The molecule has 106 valence electrons. The van der Waals surface area contributed by atoms with E-state index < -0.39 is 42.9 Å². The van der Waals surface area contributed by atoms with Gasteiger partial charge < -0.3 is 36.0 Å². The maximum Gasteiger partial charge on any atom is 0.305 e. The minimum Gasteiger partial charge on any atom is -0.481 e. The van der Waals surface area contributed by atoms with Crippen LogP contribution < -0.4 is 5.32 Å². The molecule has 0 radical (unpaired) electrons. The Kier molecular flexibility index (Phi) is 7.39. The van der Waals surface area contributed by atoms with Crippen molar-refractivity contribution in [3.8, 4) is 0 Å². The van der Waals surface area contributed by atoms with Crippen LogP contribution in [-0.2, 0) is 9.59 Å². The summed E-state index contributed by atoms with van der Waals surface area (Å²) in [6, 6.07) is 0. The fraction of sp³-hybridized carbons (Fsp3) is 0.778. The van der Waals surface area contributed by atoms with Crippen LogP contribution in [0.5, 0.6) is 0 Å². The molecule has 0 aromatic carbocycles. The molecule has 1 amide bonds. The molecule has 0 aliphatic rings. The minimum absolute atomic E-state index is 0.253. The average Bonchev–Trinajstić information content (AvgIpc) is 2.34. The molecule has 9 nitrogen and oxygen atoms in total. The zero-order valence-electron chi connectivity index (χ0n) is 9.43. The Morgan fingerprint density at radius 2 is 1.61 bits per heavy atom. The molecule has 18 heavy (non-hydrogen) atoms. The number of aliphatic hydroxyl groups excluding tert-OH is 5. The smallest absolute Gasteiger partial charge is 0.305 e. The molecule has 9 heteroatoms. The third kappa shape index (κ3) is 5.38. The van der Waals surface area contributed by atoms with Gasteiger partial charge in [0.05, 0.1) is 13.0 Å². The highest BCUT2D eigenvalue weighted by Crippen LogP contribution is 2.05. The van der Waals surface area contributed by atoms with Gasteiger partial charge in [-0.2, -0.15) is 0 Å². The fourth-order valence-corrected chi connectivity index (χ4v) is 1.07. The van der Waals surface area contributed by atoms with Crippen molar-refractivity contribution in [2.24, 2.45) is 0 Å². The summed E-state index contributed by atoms with van der Waals surface area (Å²) >= 11 is 0. The van der Waals surface area contributed by atoms with E-state index in [1.807, 2.05) is 5.32 Å². The summed E-state index contributed by atoms with van der Waals surface area (Å²) in [6.07, 6.45) is -8.03. The maximum absolute atomic E-state index is 11.2. The van der Waals surface area contributed by atoms with Crippen LogP contribution in [0.25, 0.3) is 0 Å². The Hall–Kier alpha value is -1.26. The summed E-state index contributed by atoms with van der Waals surface area (Å²) < 4.78 is 0. The largest absolute Gasteiger partial charge is 0.481 e. The molecule has 0 heterocycles. The van der Waals surface area contributed by atoms with Gasteiger partial charge in [-0.25, -0.2) is 0 Å². The van der Waals surface area contributed by atoms with Gasteiger partial charge in [-0.15, -0.1) is 0 Å². The van der Waals surface area contributed by atoms with Crippen LogP contribution in [0.1, 0.15) is 6.42 Å². The topological polar surface area (TPSA) is 168 Å². The van der Waals surface area contributed by atoms with Crippen molar-refractivity contribution < 1.29 is 40.2 Å². The summed E-state index contributed by atoms with van der Waals surface area (Å²) in [5.41, 5.74) is 0. The first-order valence-corrected chi connectivity index (χ1v) is 5.13. The highest BCUT2D eigenvalue weighted by Gasteiger charge is 2.33. The molecule has 0 saturated heterocycles. The number of carbonyl (C=O) groups is 2. The molecule has 0 spiro atoms. The number of hydrogen-bond acceptors (Lipinski definition) is 7. The van der Waals surface area contributed by atoms with Crippen molar-refractivity contribution in [1.29, 1.82) is 0 Å². The quantitative estimate of drug-likeness (QED) is 0.233. The lowest BCUT2D eigenvalue weighted by Gasteiger charge is -2.24. The monoisotopic (exact) mass is 267 g/mol. The molecular formula is C9H17NO8. The van der Waals surface area contributed by atoms with Crippen molar-refractivity contribution >= 4 is 11.9 Å². The number of hydrogen-bond donors (Lipinski definition) is 7. The SMILES string of the molecule is O=C(O)CCNC(=O)[C@H](O)[C@@H](O)[C@H](O)[C@H](O)CO. The average molecular weight is 267 g/mol. The molecule has 0 unspecified atom stereocenters. The standard InChI is InChI=1S/C9H17NO8/c11-3-4(12)6(15)7(16)8(17)9(18)10-2-1-5(13)14/h4,6-8,11-12,15-17H,1-3H2,(H,10,18)(H,13,14)/t4-,6-,7+,8-/m1/s1. The number of rotatable bonds is 8. The van der Waals surface area contributed by atoms with E-state index in [0.29, 0.717) is 0 Å². The summed E-state index contributed by atoms with van der Waals surface area (Å²) in [7, 11) is 0. The second-order valence-electron chi connectivity index (χ2n) is 3.61. The zero-order chi connectivity index (χ0) is 14.3. The van der Waals surface area contributed by atoms with E-state index in [0.717, 1.165) is 0 Å². The number of aliphatic hydroxyl groups is 5. The summed E-state index contributed by atoms with van der Waals surface area (Å²) in [5, 5.41) is 55.7. The van der Waals surface area contributed by atoms with Crippen molar-refractivity contribution in [2.75, 3.05) is 13.2 Å². The summed E-state index contributed by atoms with van der Waals surface area (Å²) in [6.45, 7) is -1.11. The second kappa shape index (κ2) is 7.95. The first kappa shape index (κ1) is 16.7. The van der Waals surface area contributed by atoms with Crippen molar-refractivity contribution in [3.05, 3.63) is 0 Å². The van der Waals surface area contributed by atoms with Gasteiger partial charge in [-0.3, -0.25) is 9.59 Å². The summed E-state index contributed by atoms with van der Waals surface area (Å²) in [4.78, 5) is 21.4. The molecule has 0 aliphatic carbocycles. The number of carboxylic acid groups (broad SMARTS) is 1. The van der Waals surface area contributed by atoms with E-state index in [1.165, 1.54) is 0 Å². The number of carbonyl (C=O) groups excluding carboxylic acids is 1. The highest BCUT2D eigenvalue weighted by molar-refractivity contribution is 5.81. The molecule has 4 atom stereocenters. The van der Waals surface area contributed by atoms with Crippen LogP contribution in [0.4, 0.5) is 0 Å². The zero-order valence-corrected chi connectivity index (χ0v) is 9.43. The lowest BCUT2D eigenvalue weighted by molar-refractivity contribution is -0.149. The molecule has 0 aromatic heterocycles. The van der Waals surface area contributed by atoms with E-state index in [4.69, 9.17) is 15.3 Å². The highest BCUT2D eigenvalue weighted by atomic mass is 16.4. The lowest BCUT2D eigenvalue weighted by Crippen LogP contribution is -2.51. The molecule has 0 aromatic rings. The molecule has 7 N–H and O–H groups in total. The van der Waals surface area contributed by atoms with Gasteiger partial charge in [-0.1, -0.05) is 0 Å². The summed E-state index contributed by atoms with van der Waals surface area (Å²) in [5.74, 6) is -2.24. The number of amides is 1. The van der Waals surface area contributed by atoms with Gasteiger partial charge in [0.15, 0.2) is 6.10 Å². The van der Waals surface area contributed by atoms with E-state index in [-0.39, 0.29) is 13.0 Å². The van der Waals surface area contributed by atoms with Gasteiger partial charge in [0.2, 0.25) is 0 Å². The van der Waals surface area contributed by atoms with E-state index >= 15 is 0 Å². The first-order chi connectivity index (χ1) is 8.31. The van der Waals surface area contributed by atoms with Crippen LogP contribution in [0.15, 0.2) is 0 Å². The van der Waals surface area contributed by atoms with E-state index in [9.17, 15) is 24.9 Å². The van der Waals surface area contributed by atoms with Crippen molar-refractivity contribution in [1.82, 2.24) is 5.32 Å². The lowest BCUT2D eigenvalue weighted by atomic mass is 10.0. The molecule has 0 saturated carbocycles. The number of aliphatic carboxylic acids is 1. The maximum atomic E-state index is 11.2. The fourth-order valence-electron chi connectivity index (χ4n) is 1.07.